The van der Waals surface area contributed by atoms with Gasteiger partial charge in [-0.3, -0.25) is 0 Å². The molecule has 1 atom stereocenters. The second-order valence-corrected chi connectivity index (χ2v) is 6.51. The molecule has 2 N–H and O–H groups in total. The summed E-state index contributed by atoms with van der Waals surface area (Å²) in [7, 11) is 1.65. The van der Waals surface area contributed by atoms with Gasteiger partial charge in [-0.2, -0.15) is 0 Å². The molecule has 2 saturated carbocycles. The van der Waals surface area contributed by atoms with Crippen molar-refractivity contribution < 1.29 is 9.47 Å². The van der Waals surface area contributed by atoms with Crippen LogP contribution in [0.4, 0.5) is 0 Å². The molecule has 2 aliphatic carbocycles. The van der Waals surface area contributed by atoms with E-state index in [0.29, 0.717) is 11.9 Å². The van der Waals surface area contributed by atoms with Crippen LogP contribution in [0.1, 0.15) is 44.6 Å². The van der Waals surface area contributed by atoms with E-state index in [4.69, 9.17) is 26.8 Å². The van der Waals surface area contributed by atoms with Crippen LogP contribution in [0, 0.1) is 0 Å². The number of benzene rings is 1. The maximum Gasteiger partial charge on any atom is 0.162 e. The molecule has 0 saturated heterocycles. The molecule has 0 spiro atoms. The molecule has 110 valence electrons. The van der Waals surface area contributed by atoms with E-state index < -0.39 is 0 Å². The zero-order valence-corrected chi connectivity index (χ0v) is 12.9. The molecule has 1 aromatic rings. The molecule has 0 heterocycles. The van der Waals surface area contributed by atoms with Crippen LogP contribution in [0.5, 0.6) is 11.5 Å². The van der Waals surface area contributed by atoms with E-state index in [2.05, 4.69) is 13.0 Å². The van der Waals surface area contributed by atoms with Crippen LogP contribution >= 0.6 is 11.6 Å². The lowest BCUT2D eigenvalue weighted by Gasteiger charge is -2.29. The number of hydrogen-bond acceptors (Lipinski definition) is 3. The number of halogens is 1. The van der Waals surface area contributed by atoms with Crippen LogP contribution in [-0.2, 0) is 5.41 Å². The van der Waals surface area contributed by atoms with Crippen LogP contribution in [0.3, 0.4) is 0 Å². The van der Waals surface area contributed by atoms with Crippen LogP contribution in [0.2, 0.25) is 5.02 Å². The summed E-state index contributed by atoms with van der Waals surface area (Å²) in [6.07, 6.45) is 6.01. The van der Waals surface area contributed by atoms with Crippen molar-refractivity contribution in [3.05, 3.63) is 22.7 Å². The molecule has 3 rings (SSSR count). The molecule has 0 aliphatic heterocycles. The van der Waals surface area contributed by atoms with Crippen molar-refractivity contribution in [2.75, 3.05) is 7.11 Å². The number of nitrogens with two attached hydrogens (primary N) is 1. The van der Waals surface area contributed by atoms with Gasteiger partial charge in [-0.05, 0) is 50.7 Å². The Balaban J connectivity index is 1.96. The van der Waals surface area contributed by atoms with Crippen LogP contribution in [0.25, 0.3) is 0 Å². The van der Waals surface area contributed by atoms with E-state index in [-0.39, 0.29) is 11.5 Å². The quantitative estimate of drug-likeness (QED) is 0.901. The highest BCUT2D eigenvalue weighted by Gasteiger charge is 2.49. The molecule has 4 heteroatoms. The second-order valence-electron chi connectivity index (χ2n) is 6.10. The first-order chi connectivity index (χ1) is 9.56. The summed E-state index contributed by atoms with van der Waals surface area (Å²) in [6.45, 7) is 2.06. The van der Waals surface area contributed by atoms with Gasteiger partial charge >= 0.3 is 0 Å². The van der Waals surface area contributed by atoms with Gasteiger partial charge in [0.1, 0.15) is 0 Å². The zero-order valence-electron chi connectivity index (χ0n) is 12.1. The molecule has 2 aliphatic rings. The van der Waals surface area contributed by atoms with E-state index in [1.807, 2.05) is 6.07 Å². The lowest BCUT2D eigenvalue weighted by Crippen LogP contribution is -2.32. The smallest absolute Gasteiger partial charge is 0.162 e. The average molecular weight is 296 g/mol. The summed E-state index contributed by atoms with van der Waals surface area (Å²) >= 11 is 6.44. The van der Waals surface area contributed by atoms with E-state index in [1.54, 1.807) is 7.11 Å². The Morgan fingerprint density at radius 3 is 2.45 bits per heavy atom. The van der Waals surface area contributed by atoms with Crippen molar-refractivity contribution in [1.82, 2.24) is 0 Å². The third-order valence-corrected chi connectivity index (χ3v) is 5.11. The van der Waals surface area contributed by atoms with Gasteiger partial charge < -0.3 is 15.2 Å². The Morgan fingerprint density at radius 2 is 2.00 bits per heavy atom. The SMILES string of the molecule is COc1cc(Cl)c(C2(C(C)N)CC2)cc1OC1CCC1. The number of rotatable bonds is 5. The van der Waals surface area contributed by atoms with E-state index >= 15 is 0 Å². The molecule has 1 unspecified atom stereocenters. The van der Waals surface area contributed by atoms with Gasteiger partial charge in [0.15, 0.2) is 11.5 Å². The molecule has 20 heavy (non-hydrogen) atoms. The fourth-order valence-corrected chi connectivity index (χ4v) is 3.28. The van der Waals surface area contributed by atoms with Crippen LogP contribution in [0.15, 0.2) is 12.1 Å². The summed E-state index contributed by atoms with van der Waals surface area (Å²) in [4.78, 5) is 0. The molecule has 0 bridgehead atoms. The van der Waals surface area contributed by atoms with Crippen molar-refractivity contribution in [2.45, 2.75) is 56.6 Å². The molecule has 0 amide bonds. The first-order valence-electron chi connectivity index (χ1n) is 7.37. The lowest BCUT2D eigenvalue weighted by molar-refractivity contribution is 0.116. The monoisotopic (exact) mass is 295 g/mol. The zero-order chi connectivity index (χ0) is 14.3. The molecule has 1 aromatic carbocycles. The van der Waals surface area contributed by atoms with Crippen LogP contribution < -0.4 is 15.2 Å². The summed E-state index contributed by atoms with van der Waals surface area (Å²) < 4.78 is 11.4. The summed E-state index contributed by atoms with van der Waals surface area (Å²) in [6, 6.07) is 4.02. The van der Waals surface area contributed by atoms with E-state index in [9.17, 15) is 0 Å². The molecular weight excluding hydrogens is 274 g/mol. The van der Waals surface area contributed by atoms with Crippen molar-refractivity contribution in [3.63, 3.8) is 0 Å². The third kappa shape index (κ3) is 2.27. The van der Waals surface area contributed by atoms with Crippen molar-refractivity contribution in [3.8, 4) is 11.5 Å². The largest absolute Gasteiger partial charge is 0.493 e. The first kappa shape index (κ1) is 14.0. The first-order valence-corrected chi connectivity index (χ1v) is 7.75. The Labute approximate surface area is 125 Å². The Hall–Kier alpha value is -0.930. The fourth-order valence-electron chi connectivity index (χ4n) is 2.94. The van der Waals surface area contributed by atoms with Gasteiger partial charge in [0.2, 0.25) is 0 Å². The van der Waals surface area contributed by atoms with Gasteiger partial charge in [0.05, 0.1) is 13.2 Å². The van der Waals surface area contributed by atoms with Gasteiger partial charge in [0.25, 0.3) is 0 Å². The average Bonchev–Trinajstić information content (AvgIpc) is 3.16. The Morgan fingerprint density at radius 1 is 1.30 bits per heavy atom. The predicted molar refractivity (Wildman–Crippen MR) is 80.8 cm³/mol. The second kappa shape index (κ2) is 5.12. The van der Waals surface area contributed by atoms with Crippen molar-refractivity contribution in [2.24, 2.45) is 5.73 Å². The van der Waals surface area contributed by atoms with Gasteiger partial charge in [-0.15, -0.1) is 0 Å². The van der Waals surface area contributed by atoms with E-state index in [0.717, 1.165) is 42.0 Å². The molecule has 3 nitrogen and oxygen atoms in total. The van der Waals surface area contributed by atoms with Gasteiger partial charge in [-0.1, -0.05) is 11.6 Å². The minimum Gasteiger partial charge on any atom is -0.493 e. The summed E-state index contributed by atoms with van der Waals surface area (Å²) in [5.41, 5.74) is 7.31. The maximum absolute atomic E-state index is 6.44. The molecular formula is C16H22ClNO2. The fraction of sp³-hybridized carbons (Fsp3) is 0.625. The third-order valence-electron chi connectivity index (χ3n) is 4.80. The maximum atomic E-state index is 6.44. The standard InChI is InChI=1S/C16H22ClNO2/c1-10(18)16(6-7-16)12-8-15(20-11-4-3-5-11)14(19-2)9-13(12)17/h8-11H,3-7,18H2,1-2H3. The van der Waals surface area contributed by atoms with E-state index in [1.165, 1.54) is 6.42 Å². The van der Waals surface area contributed by atoms with Gasteiger partial charge in [-0.25, -0.2) is 0 Å². The predicted octanol–water partition coefficient (Wildman–Crippen LogP) is 3.66. The summed E-state index contributed by atoms with van der Waals surface area (Å²) in [5.74, 6) is 1.52. The minimum atomic E-state index is 0.0288. The highest BCUT2D eigenvalue weighted by Crippen LogP contribution is 2.54. The number of hydrogen-bond donors (Lipinski definition) is 1. The number of ether oxygens (including phenoxy) is 2. The normalized spacial score (nSPS) is 22.0. The highest BCUT2D eigenvalue weighted by atomic mass is 35.5. The highest BCUT2D eigenvalue weighted by molar-refractivity contribution is 6.31. The Bertz CT molecular complexity index is 507. The van der Waals surface area contributed by atoms with Crippen molar-refractivity contribution >= 4 is 11.6 Å². The molecule has 2 fully saturated rings. The van der Waals surface area contributed by atoms with Crippen molar-refractivity contribution in [1.29, 1.82) is 0 Å². The Kier molecular flexibility index (Phi) is 3.59. The number of methoxy groups -OCH3 is 1. The minimum absolute atomic E-state index is 0.0288. The molecule has 0 aromatic heterocycles. The van der Waals surface area contributed by atoms with Crippen LogP contribution in [-0.4, -0.2) is 19.3 Å². The summed E-state index contributed by atoms with van der Waals surface area (Å²) in [5, 5.41) is 0.734. The molecule has 0 radical (unpaired) electrons. The lowest BCUT2D eigenvalue weighted by atomic mass is 9.89. The van der Waals surface area contributed by atoms with Gasteiger partial charge in [0, 0.05) is 22.5 Å². The topological polar surface area (TPSA) is 44.5 Å².